The summed E-state index contributed by atoms with van der Waals surface area (Å²) in [6.07, 6.45) is 2.50. The maximum Gasteiger partial charge on any atom is 0.251 e. The molecule has 0 aromatic heterocycles. The molecule has 0 bridgehead atoms. The van der Waals surface area contributed by atoms with E-state index in [0.29, 0.717) is 17.8 Å². The normalized spacial score (nSPS) is 19.3. The predicted octanol–water partition coefficient (Wildman–Crippen LogP) is 1.39. The van der Waals surface area contributed by atoms with E-state index in [1.807, 2.05) is 0 Å². The molecule has 3 amide bonds. The van der Waals surface area contributed by atoms with E-state index in [4.69, 9.17) is 0 Å². The molecule has 7 nitrogen and oxygen atoms in total. The van der Waals surface area contributed by atoms with Crippen molar-refractivity contribution in [3.05, 3.63) is 29.8 Å². The highest BCUT2D eigenvalue weighted by Crippen LogP contribution is 2.26. The van der Waals surface area contributed by atoms with Gasteiger partial charge in [0.2, 0.25) is 11.8 Å². The van der Waals surface area contributed by atoms with Crippen LogP contribution in [0.5, 0.6) is 0 Å². The van der Waals surface area contributed by atoms with E-state index < -0.39 is 0 Å². The minimum atomic E-state index is -0.184. The summed E-state index contributed by atoms with van der Waals surface area (Å²) in [6, 6.07) is 6.68. The molecule has 26 heavy (non-hydrogen) atoms. The molecular formula is C18H25ClN4O3. The third kappa shape index (κ3) is 4.74. The lowest BCUT2D eigenvalue weighted by Gasteiger charge is -2.34. The van der Waals surface area contributed by atoms with Crippen LogP contribution in [0.3, 0.4) is 0 Å². The largest absolute Gasteiger partial charge is 0.351 e. The van der Waals surface area contributed by atoms with Gasteiger partial charge in [0.25, 0.3) is 5.91 Å². The van der Waals surface area contributed by atoms with Gasteiger partial charge >= 0.3 is 0 Å². The summed E-state index contributed by atoms with van der Waals surface area (Å²) in [5, 5.41) is 7.58. The van der Waals surface area contributed by atoms with E-state index in [2.05, 4.69) is 23.0 Å². The quantitative estimate of drug-likeness (QED) is 0.736. The first-order chi connectivity index (χ1) is 12.0. The lowest BCUT2D eigenvalue weighted by Crippen LogP contribution is -2.50. The van der Waals surface area contributed by atoms with Gasteiger partial charge in [-0.05, 0) is 55.6 Å². The maximum absolute atomic E-state index is 12.4. The SMILES string of the molecule is CC1(CNC(=O)c2ccc(N3NC(=O)CCC3=O)cc2)CCNCC1.Cl. The van der Waals surface area contributed by atoms with Crippen molar-refractivity contribution in [1.82, 2.24) is 16.1 Å². The molecule has 3 N–H and O–H groups in total. The molecule has 2 aliphatic rings. The fourth-order valence-electron chi connectivity index (χ4n) is 3.15. The topological polar surface area (TPSA) is 90.5 Å². The monoisotopic (exact) mass is 380 g/mol. The number of benzene rings is 1. The standard InChI is InChI=1S/C18H24N4O3.ClH/c1-18(8-10-19-11-9-18)12-20-17(25)13-2-4-14(5-3-13)22-16(24)7-6-15(23)21-22;/h2-5,19H,6-12H2,1H3,(H,20,25)(H,21,23);1H. The Balaban J connectivity index is 0.00000243. The van der Waals surface area contributed by atoms with E-state index in [-0.39, 0.29) is 48.4 Å². The van der Waals surface area contributed by atoms with E-state index >= 15 is 0 Å². The van der Waals surface area contributed by atoms with Gasteiger partial charge in [0, 0.05) is 24.9 Å². The van der Waals surface area contributed by atoms with Crippen LogP contribution in [-0.4, -0.2) is 37.4 Å². The number of piperidine rings is 1. The number of halogens is 1. The van der Waals surface area contributed by atoms with Gasteiger partial charge in [-0.1, -0.05) is 6.92 Å². The first kappa shape index (κ1) is 20.2. The summed E-state index contributed by atoms with van der Waals surface area (Å²) in [5.41, 5.74) is 3.77. The van der Waals surface area contributed by atoms with Crippen molar-refractivity contribution in [2.45, 2.75) is 32.6 Å². The Kier molecular flexibility index (Phi) is 6.61. The van der Waals surface area contributed by atoms with Crippen molar-refractivity contribution in [2.75, 3.05) is 24.6 Å². The molecular weight excluding hydrogens is 356 g/mol. The zero-order valence-corrected chi connectivity index (χ0v) is 15.7. The second-order valence-electron chi connectivity index (χ2n) is 7.05. The maximum atomic E-state index is 12.4. The van der Waals surface area contributed by atoms with E-state index in [0.717, 1.165) is 25.9 Å². The summed E-state index contributed by atoms with van der Waals surface area (Å²) in [7, 11) is 0. The Hall–Kier alpha value is -2.12. The highest BCUT2D eigenvalue weighted by Gasteiger charge is 2.27. The molecule has 0 unspecified atom stereocenters. The first-order valence-corrected chi connectivity index (χ1v) is 8.68. The van der Waals surface area contributed by atoms with Crippen LogP contribution in [0.15, 0.2) is 24.3 Å². The average molecular weight is 381 g/mol. The van der Waals surface area contributed by atoms with Gasteiger partial charge in [-0.15, -0.1) is 12.4 Å². The third-order valence-electron chi connectivity index (χ3n) is 4.93. The number of anilines is 1. The second kappa shape index (κ2) is 8.51. The average Bonchev–Trinajstić information content (AvgIpc) is 2.63. The molecule has 0 saturated carbocycles. The molecule has 142 valence electrons. The van der Waals surface area contributed by atoms with Gasteiger partial charge in [-0.3, -0.25) is 19.8 Å². The van der Waals surface area contributed by atoms with Crippen LogP contribution in [0.25, 0.3) is 0 Å². The highest BCUT2D eigenvalue weighted by molar-refractivity contribution is 6.01. The third-order valence-corrected chi connectivity index (χ3v) is 4.93. The molecule has 2 saturated heterocycles. The summed E-state index contributed by atoms with van der Waals surface area (Å²) in [6.45, 7) is 4.81. The van der Waals surface area contributed by atoms with Crippen LogP contribution in [0, 0.1) is 5.41 Å². The lowest BCUT2D eigenvalue weighted by atomic mass is 9.81. The van der Waals surface area contributed by atoms with Gasteiger partial charge < -0.3 is 10.6 Å². The zero-order chi connectivity index (χ0) is 17.9. The highest BCUT2D eigenvalue weighted by atomic mass is 35.5. The molecule has 8 heteroatoms. The van der Waals surface area contributed by atoms with Crippen molar-refractivity contribution in [3.63, 3.8) is 0 Å². The van der Waals surface area contributed by atoms with Crippen LogP contribution >= 0.6 is 12.4 Å². The van der Waals surface area contributed by atoms with Crippen LogP contribution in [0.4, 0.5) is 5.69 Å². The van der Waals surface area contributed by atoms with Gasteiger partial charge in [-0.2, -0.15) is 0 Å². The Morgan fingerprint density at radius 1 is 1.15 bits per heavy atom. The number of hydrogen-bond acceptors (Lipinski definition) is 4. The summed E-state index contributed by atoms with van der Waals surface area (Å²) >= 11 is 0. The molecule has 2 heterocycles. The number of hydrazine groups is 1. The first-order valence-electron chi connectivity index (χ1n) is 8.68. The fraction of sp³-hybridized carbons (Fsp3) is 0.500. The lowest BCUT2D eigenvalue weighted by molar-refractivity contribution is -0.130. The number of nitrogens with one attached hydrogen (secondary N) is 3. The molecule has 0 atom stereocenters. The summed E-state index contributed by atoms with van der Waals surface area (Å²) in [4.78, 5) is 35.7. The van der Waals surface area contributed by atoms with E-state index in [9.17, 15) is 14.4 Å². The van der Waals surface area contributed by atoms with Crippen LogP contribution in [-0.2, 0) is 9.59 Å². The van der Waals surface area contributed by atoms with Gasteiger partial charge in [0.05, 0.1) is 5.69 Å². The van der Waals surface area contributed by atoms with Crippen molar-refractivity contribution >= 4 is 35.8 Å². The molecule has 1 aromatic carbocycles. The Morgan fingerprint density at radius 2 is 1.81 bits per heavy atom. The van der Waals surface area contributed by atoms with Gasteiger partial charge in [-0.25, -0.2) is 5.01 Å². The van der Waals surface area contributed by atoms with E-state index in [1.165, 1.54) is 5.01 Å². The number of carbonyl (C=O) groups excluding carboxylic acids is 3. The van der Waals surface area contributed by atoms with Crippen molar-refractivity contribution < 1.29 is 14.4 Å². The van der Waals surface area contributed by atoms with Crippen molar-refractivity contribution in [2.24, 2.45) is 5.41 Å². The number of rotatable bonds is 4. The zero-order valence-electron chi connectivity index (χ0n) is 14.8. The molecule has 0 spiro atoms. The van der Waals surface area contributed by atoms with Gasteiger partial charge in [0.1, 0.15) is 0 Å². The molecule has 3 rings (SSSR count). The molecule has 2 fully saturated rings. The predicted molar refractivity (Wildman–Crippen MR) is 101 cm³/mol. The Morgan fingerprint density at radius 3 is 2.46 bits per heavy atom. The number of carbonyl (C=O) groups is 3. The molecule has 0 radical (unpaired) electrons. The van der Waals surface area contributed by atoms with Gasteiger partial charge in [0.15, 0.2) is 0 Å². The fourth-order valence-corrected chi connectivity index (χ4v) is 3.15. The van der Waals surface area contributed by atoms with Crippen LogP contribution < -0.4 is 21.1 Å². The van der Waals surface area contributed by atoms with Crippen molar-refractivity contribution in [1.29, 1.82) is 0 Å². The van der Waals surface area contributed by atoms with Crippen LogP contribution in [0.2, 0.25) is 0 Å². The number of amides is 3. The second-order valence-corrected chi connectivity index (χ2v) is 7.05. The molecule has 1 aromatic rings. The smallest absolute Gasteiger partial charge is 0.251 e. The minimum Gasteiger partial charge on any atom is -0.351 e. The van der Waals surface area contributed by atoms with E-state index in [1.54, 1.807) is 24.3 Å². The molecule has 2 aliphatic heterocycles. The van der Waals surface area contributed by atoms with Crippen LogP contribution in [0.1, 0.15) is 43.0 Å². The number of nitrogens with zero attached hydrogens (tertiary/aromatic N) is 1. The summed E-state index contributed by atoms with van der Waals surface area (Å²) in [5.74, 6) is -0.465. The Labute approximate surface area is 159 Å². The molecule has 0 aliphatic carbocycles. The summed E-state index contributed by atoms with van der Waals surface area (Å²) < 4.78 is 0. The minimum absolute atomic E-state index is 0. The number of hydrogen-bond donors (Lipinski definition) is 3. The Bertz CT molecular complexity index is 672. The van der Waals surface area contributed by atoms with Crippen molar-refractivity contribution in [3.8, 4) is 0 Å².